The summed E-state index contributed by atoms with van der Waals surface area (Å²) in [7, 11) is 3.50. The maximum atomic E-state index is 11.7. The van der Waals surface area contributed by atoms with Crippen molar-refractivity contribution in [3.05, 3.63) is 0 Å². The van der Waals surface area contributed by atoms with Crippen LogP contribution in [0, 0.1) is 5.41 Å². The molecule has 16 heavy (non-hydrogen) atoms. The monoisotopic (exact) mass is 230 g/mol. The Labute approximate surface area is 99.0 Å². The molecule has 0 fully saturated rings. The second-order valence-corrected chi connectivity index (χ2v) is 5.55. The number of amides is 1. The predicted octanol–water partition coefficient (Wildman–Crippen LogP) is 0.850. The first kappa shape index (κ1) is 15.4. The van der Waals surface area contributed by atoms with Gasteiger partial charge in [0.15, 0.2) is 0 Å². The summed E-state index contributed by atoms with van der Waals surface area (Å²) in [5, 5.41) is 12.3. The SMILES string of the molecule is CC(NC(CCO)C(C)(C)C)C(=O)N(C)C. The number of nitrogens with zero attached hydrogens (tertiary/aromatic N) is 1. The van der Waals surface area contributed by atoms with Crippen molar-refractivity contribution in [3.63, 3.8) is 0 Å². The van der Waals surface area contributed by atoms with Crippen LogP contribution in [-0.2, 0) is 4.79 Å². The molecule has 2 atom stereocenters. The zero-order valence-corrected chi connectivity index (χ0v) is 11.4. The number of hydrogen-bond acceptors (Lipinski definition) is 3. The maximum absolute atomic E-state index is 11.7. The van der Waals surface area contributed by atoms with Crippen LogP contribution >= 0.6 is 0 Å². The van der Waals surface area contributed by atoms with E-state index in [9.17, 15) is 4.79 Å². The van der Waals surface area contributed by atoms with E-state index >= 15 is 0 Å². The molecule has 0 bridgehead atoms. The van der Waals surface area contributed by atoms with Crippen LogP contribution in [0.15, 0.2) is 0 Å². The maximum Gasteiger partial charge on any atom is 0.238 e. The number of rotatable bonds is 5. The molecule has 0 aliphatic heterocycles. The van der Waals surface area contributed by atoms with Gasteiger partial charge in [0.2, 0.25) is 5.91 Å². The standard InChI is InChI=1S/C12H26N2O2/c1-9(11(16)14(5)6)13-10(7-8-15)12(2,3)4/h9-10,13,15H,7-8H2,1-6H3. The fraction of sp³-hybridized carbons (Fsp3) is 0.917. The Bertz CT molecular complexity index is 222. The molecule has 0 aliphatic rings. The van der Waals surface area contributed by atoms with Crippen molar-refractivity contribution in [2.45, 2.75) is 46.2 Å². The lowest BCUT2D eigenvalue weighted by Crippen LogP contribution is -2.50. The summed E-state index contributed by atoms with van der Waals surface area (Å²) >= 11 is 0. The highest BCUT2D eigenvalue weighted by Gasteiger charge is 2.27. The van der Waals surface area contributed by atoms with Gasteiger partial charge in [0.05, 0.1) is 6.04 Å². The number of aliphatic hydroxyl groups excluding tert-OH is 1. The Kier molecular flexibility index (Phi) is 5.97. The van der Waals surface area contributed by atoms with Crippen LogP contribution in [0.2, 0.25) is 0 Å². The topological polar surface area (TPSA) is 52.6 Å². The Morgan fingerprint density at radius 2 is 1.88 bits per heavy atom. The molecule has 0 heterocycles. The van der Waals surface area contributed by atoms with Crippen molar-refractivity contribution in [2.75, 3.05) is 20.7 Å². The lowest BCUT2D eigenvalue weighted by Gasteiger charge is -2.34. The summed E-state index contributed by atoms with van der Waals surface area (Å²) < 4.78 is 0. The van der Waals surface area contributed by atoms with Crippen LogP contribution in [-0.4, -0.2) is 48.7 Å². The second kappa shape index (κ2) is 6.21. The quantitative estimate of drug-likeness (QED) is 0.736. The zero-order valence-electron chi connectivity index (χ0n) is 11.4. The van der Waals surface area contributed by atoms with Gasteiger partial charge in [0, 0.05) is 26.7 Å². The van der Waals surface area contributed by atoms with Gasteiger partial charge in [-0.1, -0.05) is 20.8 Å². The number of aliphatic hydroxyl groups is 1. The van der Waals surface area contributed by atoms with Crippen LogP contribution in [0.1, 0.15) is 34.1 Å². The van der Waals surface area contributed by atoms with Gasteiger partial charge in [-0.2, -0.15) is 0 Å². The van der Waals surface area contributed by atoms with E-state index in [1.54, 1.807) is 19.0 Å². The Hall–Kier alpha value is -0.610. The van der Waals surface area contributed by atoms with E-state index in [4.69, 9.17) is 5.11 Å². The lowest BCUT2D eigenvalue weighted by atomic mass is 9.84. The summed E-state index contributed by atoms with van der Waals surface area (Å²) in [6, 6.07) is -0.0813. The van der Waals surface area contributed by atoms with Gasteiger partial charge in [-0.05, 0) is 18.8 Å². The molecule has 2 unspecified atom stereocenters. The molecule has 0 saturated heterocycles. The molecule has 0 radical (unpaired) electrons. The number of hydrogen-bond donors (Lipinski definition) is 2. The first-order valence-corrected chi connectivity index (χ1v) is 5.78. The van der Waals surface area contributed by atoms with Gasteiger partial charge in [0.25, 0.3) is 0 Å². The number of nitrogens with one attached hydrogen (secondary N) is 1. The van der Waals surface area contributed by atoms with Crippen molar-refractivity contribution < 1.29 is 9.90 Å². The summed E-state index contributed by atoms with van der Waals surface area (Å²) in [5.74, 6) is 0.0622. The van der Waals surface area contributed by atoms with E-state index in [0.29, 0.717) is 6.42 Å². The molecule has 4 nitrogen and oxygen atoms in total. The third kappa shape index (κ3) is 4.94. The molecule has 4 heteroatoms. The van der Waals surface area contributed by atoms with Crippen molar-refractivity contribution in [3.8, 4) is 0 Å². The van der Waals surface area contributed by atoms with Crippen molar-refractivity contribution in [1.82, 2.24) is 10.2 Å². The molecule has 0 spiro atoms. The second-order valence-electron chi connectivity index (χ2n) is 5.55. The highest BCUT2D eigenvalue weighted by atomic mass is 16.3. The molecule has 0 aromatic rings. The highest BCUT2D eigenvalue weighted by Crippen LogP contribution is 2.22. The van der Waals surface area contributed by atoms with Crippen LogP contribution in [0.4, 0.5) is 0 Å². The van der Waals surface area contributed by atoms with Gasteiger partial charge in [-0.25, -0.2) is 0 Å². The van der Waals surface area contributed by atoms with Gasteiger partial charge in [-0.3, -0.25) is 4.79 Å². The average molecular weight is 230 g/mol. The van der Waals surface area contributed by atoms with Crippen LogP contribution in [0.25, 0.3) is 0 Å². The molecule has 0 aromatic heterocycles. The molecule has 0 rings (SSSR count). The van der Waals surface area contributed by atoms with Crippen LogP contribution in [0.3, 0.4) is 0 Å². The normalized spacial score (nSPS) is 15.7. The fourth-order valence-electron chi connectivity index (χ4n) is 1.66. The predicted molar refractivity (Wildman–Crippen MR) is 66.2 cm³/mol. The summed E-state index contributed by atoms with van der Waals surface area (Å²) in [6.45, 7) is 8.31. The van der Waals surface area contributed by atoms with Gasteiger partial charge in [-0.15, -0.1) is 0 Å². The lowest BCUT2D eigenvalue weighted by molar-refractivity contribution is -0.130. The minimum absolute atomic E-state index is 0.0313. The molecule has 0 aliphatic carbocycles. The van der Waals surface area contributed by atoms with E-state index in [0.717, 1.165) is 0 Å². The van der Waals surface area contributed by atoms with Gasteiger partial charge >= 0.3 is 0 Å². The Morgan fingerprint density at radius 1 is 1.38 bits per heavy atom. The smallest absolute Gasteiger partial charge is 0.238 e. The molecule has 96 valence electrons. The van der Waals surface area contributed by atoms with E-state index < -0.39 is 0 Å². The number of carbonyl (C=O) groups is 1. The van der Waals surface area contributed by atoms with Crippen molar-refractivity contribution in [1.29, 1.82) is 0 Å². The third-order valence-electron chi connectivity index (χ3n) is 2.73. The van der Waals surface area contributed by atoms with Crippen LogP contribution in [0.5, 0.6) is 0 Å². The van der Waals surface area contributed by atoms with Crippen molar-refractivity contribution in [2.24, 2.45) is 5.41 Å². The Morgan fingerprint density at radius 3 is 2.19 bits per heavy atom. The van der Waals surface area contributed by atoms with E-state index in [1.807, 2.05) is 6.92 Å². The number of likely N-dealkylation sites (N-methyl/N-ethyl adjacent to an activating group) is 1. The molecular weight excluding hydrogens is 204 g/mol. The molecule has 0 saturated carbocycles. The van der Waals surface area contributed by atoms with E-state index in [1.165, 1.54) is 0 Å². The number of carbonyl (C=O) groups excluding carboxylic acids is 1. The Balaban J connectivity index is 4.46. The molecule has 0 aromatic carbocycles. The zero-order chi connectivity index (χ0) is 12.9. The highest BCUT2D eigenvalue weighted by molar-refractivity contribution is 5.80. The third-order valence-corrected chi connectivity index (χ3v) is 2.73. The summed E-state index contributed by atoms with van der Waals surface area (Å²) in [6.07, 6.45) is 0.661. The minimum atomic E-state index is -0.217. The van der Waals surface area contributed by atoms with Gasteiger partial charge in [0.1, 0.15) is 0 Å². The largest absolute Gasteiger partial charge is 0.396 e. The average Bonchev–Trinajstić information content (AvgIpc) is 2.14. The summed E-state index contributed by atoms with van der Waals surface area (Å²) in [4.78, 5) is 13.3. The van der Waals surface area contributed by atoms with E-state index in [-0.39, 0.29) is 30.0 Å². The minimum Gasteiger partial charge on any atom is -0.396 e. The van der Waals surface area contributed by atoms with Crippen LogP contribution < -0.4 is 5.32 Å². The van der Waals surface area contributed by atoms with Gasteiger partial charge < -0.3 is 15.3 Å². The van der Waals surface area contributed by atoms with E-state index in [2.05, 4.69) is 26.1 Å². The molecule has 2 N–H and O–H groups in total. The molecular formula is C12H26N2O2. The fourth-order valence-corrected chi connectivity index (χ4v) is 1.66. The summed E-state index contributed by atoms with van der Waals surface area (Å²) in [5.41, 5.74) is 0.0313. The van der Waals surface area contributed by atoms with Crippen molar-refractivity contribution >= 4 is 5.91 Å². The molecule has 1 amide bonds. The first-order chi connectivity index (χ1) is 7.20. The first-order valence-electron chi connectivity index (χ1n) is 5.78.